The number of nitrogens with one attached hydrogen (secondary N) is 1. The summed E-state index contributed by atoms with van der Waals surface area (Å²) < 4.78 is 0. The van der Waals surface area contributed by atoms with Gasteiger partial charge in [-0.05, 0) is 44.2 Å². The number of rotatable bonds is 2. The molecule has 0 amide bonds. The van der Waals surface area contributed by atoms with Crippen molar-refractivity contribution in [1.29, 1.82) is 0 Å². The third kappa shape index (κ3) is 2.64. The number of nitrogens with zero attached hydrogens (tertiary/aromatic N) is 7. The number of piperidine rings is 1. The molecule has 0 saturated carbocycles. The van der Waals surface area contributed by atoms with Crippen molar-refractivity contribution in [1.82, 2.24) is 25.1 Å². The van der Waals surface area contributed by atoms with Gasteiger partial charge in [0.05, 0.1) is 17.6 Å². The van der Waals surface area contributed by atoms with Crippen molar-refractivity contribution < 1.29 is 0 Å². The Labute approximate surface area is 174 Å². The zero-order valence-corrected chi connectivity index (χ0v) is 16.9. The Hall–Kier alpha value is -3.23. The van der Waals surface area contributed by atoms with Gasteiger partial charge in [0, 0.05) is 37.8 Å². The fraction of sp³-hybridized carbons (Fsp3) is 0.476. The summed E-state index contributed by atoms with van der Waals surface area (Å²) in [7, 11) is 0. The monoisotopic (exact) mass is 403 g/mol. The summed E-state index contributed by atoms with van der Waals surface area (Å²) in [5.41, 5.74) is 10.0. The zero-order valence-electron chi connectivity index (χ0n) is 16.9. The van der Waals surface area contributed by atoms with Gasteiger partial charge in [-0.1, -0.05) is 0 Å². The number of aryl methyl sites for hydroxylation is 1. The van der Waals surface area contributed by atoms with Gasteiger partial charge in [-0.3, -0.25) is 15.1 Å². The van der Waals surface area contributed by atoms with E-state index in [9.17, 15) is 0 Å². The average Bonchev–Trinajstić information content (AvgIpc) is 3.37. The Bertz CT molecular complexity index is 1130. The third-order valence-electron chi connectivity index (χ3n) is 6.91. The van der Waals surface area contributed by atoms with Crippen molar-refractivity contribution in [2.45, 2.75) is 32.1 Å². The van der Waals surface area contributed by atoms with Gasteiger partial charge in [0.2, 0.25) is 0 Å². The summed E-state index contributed by atoms with van der Waals surface area (Å²) in [6.07, 6.45) is 8.89. The van der Waals surface area contributed by atoms with Crippen LogP contribution in [-0.2, 0) is 6.42 Å². The van der Waals surface area contributed by atoms with Crippen LogP contribution in [0.5, 0.6) is 0 Å². The molecule has 9 heteroatoms. The van der Waals surface area contributed by atoms with Gasteiger partial charge in [0.15, 0.2) is 17.0 Å². The van der Waals surface area contributed by atoms with E-state index < -0.39 is 0 Å². The summed E-state index contributed by atoms with van der Waals surface area (Å²) >= 11 is 0. The van der Waals surface area contributed by atoms with E-state index in [0.717, 1.165) is 98.3 Å². The number of aromatic amines is 1. The number of aliphatic imine (C=N–C) groups is 1. The van der Waals surface area contributed by atoms with E-state index in [0.29, 0.717) is 0 Å². The number of amidine groups is 1. The first kappa shape index (κ1) is 17.6. The molecule has 3 aromatic rings. The molecule has 0 atom stereocenters. The van der Waals surface area contributed by atoms with Gasteiger partial charge < -0.3 is 15.5 Å². The van der Waals surface area contributed by atoms with Crippen LogP contribution in [0.1, 0.15) is 31.4 Å². The summed E-state index contributed by atoms with van der Waals surface area (Å²) in [5, 5.41) is 7.67. The Morgan fingerprint density at radius 2 is 2.00 bits per heavy atom. The maximum atomic E-state index is 6.19. The molecule has 3 aromatic heterocycles. The molecule has 1 fully saturated rings. The number of fused-ring (bicyclic) bond motifs is 2. The van der Waals surface area contributed by atoms with Crippen LogP contribution >= 0.6 is 0 Å². The third-order valence-corrected chi connectivity index (χ3v) is 6.91. The number of H-pyrrole nitrogens is 1. The van der Waals surface area contributed by atoms with Crippen molar-refractivity contribution in [3.8, 4) is 0 Å². The van der Waals surface area contributed by atoms with Gasteiger partial charge in [0.1, 0.15) is 11.7 Å². The molecule has 30 heavy (non-hydrogen) atoms. The lowest BCUT2D eigenvalue weighted by atomic mass is 9.76. The lowest BCUT2D eigenvalue weighted by Crippen LogP contribution is -2.45. The van der Waals surface area contributed by atoms with Crippen LogP contribution < -0.4 is 15.5 Å². The number of anilines is 3. The Morgan fingerprint density at radius 1 is 1.10 bits per heavy atom. The number of nitrogens with two attached hydrogens (primary N) is 1. The SMILES string of the molecule is NC1=NCCC12CCN(c1cnc3c(N4CCCc5ncccc54)n[nH]c3n1)CC2. The van der Waals surface area contributed by atoms with Crippen LogP contribution in [0.2, 0.25) is 0 Å². The largest absolute Gasteiger partial charge is 0.387 e. The second-order valence-electron chi connectivity index (χ2n) is 8.48. The Balaban J connectivity index is 1.27. The first-order valence-corrected chi connectivity index (χ1v) is 10.7. The fourth-order valence-corrected chi connectivity index (χ4v) is 5.09. The normalized spacial score (nSPS) is 20.6. The van der Waals surface area contributed by atoms with E-state index in [-0.39, 0.29) is 5.41 Å². The second-order valence-corrected chi connectivity index (χ2v) is 8.48. The molecule has 6 heterocycles. The van der Waals surface area contributed by atoms with Crippen molar-refractivity contribution >= 4 is 34.3 Å². The first-order valence-electron chi connectivity index (χ1n) is 10.7. The lowest BCUT2D eigenvalue weighted by Gasteiger charge is -2.39. The molecule has 0 aliphatic carbocycles. The molecule has 3 N–H and O–H groups in total. The van der Waals surface area contributed by atoms with E-state index in [1.54, 1.807) is 0 Å². The van der Waals surface area contributed by atoms with Crippen LogP contribution in [-0.4, -0.2) is 57.2 Å². The summed E-state index contributed by atoms with van der Waals surface area (Å²) in [6.45, 7) is 3.61. The highest BCUT2D eigenvalue weighted by Crippen LogP contribution is 2.40. The van der Waals surface area contributed by atoms with E-state index in [4.69, 9.17) is 15.7 Å². The minimum atomic E-state index is 0.102. The maximum absolute atomic E-state index is 6.19. The molecule has 6 rings (SSSR count). The molecular formula is C21H25N9. The molecule has 0 unspecified atom stereocenters. The van der Waals surface area contributed by atoms with Crippen molar-refractivity contribution in [2.75, 3.05) is 36.0 Å². The first-order chi connectivity index (χ1) is 14.7. The molecule has 1 spiro atoms. The minimum absolute atomic E-state index is 0.102. The molecule has 3 aliphatic rings. The quantitative estimate of drug-likeness (QED) is 0.674. The topological polar surface area (TPSA) is 112 Å². The van der Waals surface area contributed by atoms with E-state index in [1.165, 1.54) is 0 Å². The molecule has 0 radical (unpaired) electrons. The van der Waals surface area contributed by atoms with Crippen molar-refractivity contribution in [3.05, 3.63) is 30.2 Å². The van der Waals surface area contributed by atoms with Crippen LogP contribution in [0, 0.1) is 5.41 Å². The van der Waals surface area contributed by atoms with Crippen LogP contribution in [0.25, 0.3) is 11.2 Å². The number of aromatic nitrogens is 5. The molecule has 0 bridgehead atoms. The highest BCUT2D eigenvalue weighted by molar-refractivity contribution is 5.89. The summed E-state index contributed by atoms with van der Waals surface area (Å²) in [6, 6.07) is 4.08. The smallest absolute Gasteiger partial charge is 0.183 e. The number of hydrogen-bond acceptors (Lipinski definition) is 8. The zero-order chi connectivity index (χ0) is 20.1. The van der Waals surface area contributed by atoms with Gasteiger partial charge in [0.25, 0.3) is 0 Å². The fourth-order valence-electron chi connectivity index (χ4n) is 5.09. The maximum Gasteiger partial charge on any atom is 0.183 e. The average molecular weight is 403 g/mol. The summed E-state index contributed by atoms with van der Waals surface area (Å²) in [5.74, 6) is 2.56. The predicted molar refractivity (Wildman–Crippen MR) is 116 cm³/mol. The van der Waals surface area contributed by atoms with Gasteiger partial charge >= 0.3 is 0 Å². The van der Waals surface area contributed by atoms with Crippen molar-refractivity contribution in [3.63, 3.8) is 0 Å². The minimum Gasteiger partial charge on any atom is -0.387 e. The van der Waals surface area contributed by atoms with Crippen molar-refractivity contribution in [2.24, 2.45) is 16.1 Å². The number of hydrogen-bond donors (Lipinski definition) is 2. The van der Waals surface area contributed by atoms with E-state index in [2.05, 4.69) is 36.0 Å². The highest BCUT2D eigenvalue weighted by atomic mass is 15.3. The molecular weight excluding hydrogens is 378 g/mol. The second kappa shape index (κ2) is 6.65. The molecule has 154 valence electrons. The highest BCUT2D eigenvalue weighted by Gasteiger charge is 2.40. The van der Waals surface area contributed by atoms with Crippen LogP contribution in [0.15, 0.2) is 29.5 Å². The van der Waals surface area contributed by atoms with E-state index >= 15 is 0 Å². The Morgan fingerprint density at radius 3 is 2.83 bits per heavy atom. The van der Waals surface area contributed by atoms with Gasteiger partial charge in [-0.2, -0.15) is 5.10 Å². The molecule has 9 nitrogen and oxygen atoms in total. The number of pyridine rings is 1. The van der Waals surface area contributed by atoms with Gasteiger partial charge in [-0.25, -0.2) is 9.97 Å². The van der Waals surface area contributed by atoms with Gasteiger partial charge in [-0.15, -0.1) is 0 Å². The molecule has 1 saturated heterocycles. The predicted octanol–water partition coefficient (Wildman–Crippen LogP) is 2.18. The van der Waals surface area contributed by atoms with E-state index in [1.807, 2.05) is 18.5 Å². The summed E-state index contributed by atoms with van der Waals surface area (Å²) in [4.78, 5) is 23.1. The van der Waals surface area contributed by atoms with Crippen LogP contribution in [0.3, 0.4) is 0 Å². The molecule has 0 aromatic carbocycles. The van der Waals surface area contributed by atoms with Crippen LogP contribution in [0.4, 0.5) is 17.3 Å². The standard InChI is InChI=1S/C21H25N9/c22-20-21(5-9-24-20)6-11-29(12-7-21)16-13-25-17-18(26-16)27-28-19(17)30-10-2-3-14-15(30)4-1-8-23-14/h1,4,8,13H,2-3,5-7,9-12H2,(H2,22,24)(H,26,27,28). The Kier molecular flexibility index (Phi) is 3.90. The lowest BCUT2D eigenvalue weighted by molar-refractivity contribution is 0.319. The molecule has 3 aliphatic heterocycles.